The molecule has 0 aliphatic heterocycles. The normalized spacial score (nSPS) is 14.8. The zero-order valence-corrected chi connectivity index (χ0v) is 14.8. The van der Waals surface area contributed by atoms with E-state index in [4.69, 9.17) is 9.47 Å². The van der Waals surface area contributed by atoms with Crippen LogP contribution in [0.25, 0.3) is 0 Å². The van der Waals surface area contributed by atoms with Crippen LogP contribution in [0.1, 0.15) is 43.4 Å². The first kappa shape index (κ1) is 18.2. The Labute approximate surface area is 151 Å². The maximum Gasteiger partial charge on any atom is 0.407 e. The lowest BCUT2D eigenvalue weighted by Gasteiger charge is -2.22. The van der Waals surface area contributed by atoms with Crippen LogP contribution in [0.3, 0.4) is 0 Å². The third kappa shape index (κ3) is 4.71. The molecule has 1 saturated carbocycles. The third-order valence-corrected chi connectivity index (χ3v) is 4.46. The van der Waals surface area contributed by atoms with Crippen LogP contribution in [0.4, 0.5) is 9.18 Å². The fourth-order valence-electron chi connectivity index (χ4n) is 3.09. The summed E-state index contributed by atoms with van der Waals surface area (Å²) in [5.41, 5.74) is 0.948. The largest absolute Gasteiger partial charge is 0.494 e. The number of rotatable bonds is 6. The highest BCUT2D eigenvalue weighted by Crippen LogP contribution is 2.20. The summed E-state index contributed by atoms with van der Waals surface area (Å²) in [6.07, 6.45) is 6.69. The third-order valence-electron chi connectivity index (χ3n) is 4.46. The fraction of sp³-hybridized carbons (Fsp3) is 0.500. The van der Waals surface area contributed by atoms with Gasteiger partial charge in [-0.05, 0) is 18.9 Å². The molecule has 1 fully saturated rings. The van der Waals surface area contributed by atoms with Crippen molar-refractivity contribution >= 4 is 6.09 Å². The highest BCUT2D eigenvalue weighted by atomic mass is 19.1. The van der Waals surface area contributed by atoms with Gasteiger partial charge < -0.3 is 14.8 Å². The average molecular weight is 362 g/mol. The summed E-state index contributed by atoms with van der Waals surface area (Å²) in [4.78, 5) is 11.8. The molecule has 140 valence electrons. The molecular formula is C18H23FN4O3. The van der Waals surface area contributed by atoms with Crippen LogP contribution in [0.2, 0.25) is 0 Å². The van der Waals surface area contributed by atoms with Gasteiger partial charge in [-0.1, -0.05) is 36.6 Å². The number of nitrogens with one attached hydrogen (secondary N) is 1. The van der Waals surface area contributed by atoms with Gasteiger partial charge in [0.05, 0.1) is 19.9 Å². The Morgan fingerprint density at radius 3 is 2.92 bits per heavy atom. The Balaban J connectivity index is 1.51. The van der Waals surface area contributed by atoms with Crippen molar-refractivity contribution < 1.29 is 18.7 Å². The van der Waals surface area contributed by atoms with Crippen LogP contribution < -0.4 is 10.1 Å². The Morgan fingerprint density at radius 1 is 1.35 bits per heavy atom. The summed E-state index contributed by atoms with van der Waals surface area (Å²) < 4.78 is 25.8. The van der Waals surface area contributed by atoms with E-state index in [1.54, 1.807) is 24.4 Å². The van der Waals surface area contributed by atoms with E-state index >= 15 is 0 Å². The number of methoxy groups -OCH3 is 1. The zero-order valence-electron chi connectivity index (χ0n) is 14.8. The number of hydrogen-bond acceptors (Lipinski definition) is 5. The minimum Gasteiger partial charge on any atom is -0.494 e. The average Bonchev–Trinajstić information content (AvgIpc) is 3.10. The maximum absolute atomic E-state index is 14.2. The molecule has 1 heterocycles. The van der Waals surface area contributed by atoms with E-state index in [0.29, 0.717) is 11.3 Å². The number of hydrogen-bond donors (Lipinski definition) is 1. The molecular weight excluding hydrogens is 339 g/mol. The summed E-state index contributed by atoms with van der Waals surface area (Å²) in [5.74, 6) is -0.235. The van der Waals surface area contributed by atoms with Gasteiger partial charge in [0.25, 0.3) is 0 Å². The SMILES string of the molecule is COc1cccc(Cn2cc(COC(=O)NC3CCCCC3)nn2)c1F. The number of halogens is 1. The van der Waals surface area contributed by atoms with Crippen molar-refractivity contribution in [2.75, 3.05) is 7.11 Å². The molecule has 1 aliphatic rings. The van der Waals surface area contributed by atoms with Gasteiger partial charge >= 0.3 is 6.09 Å². The van der Waals surface area contributed by atoms with E-state index in [1.165, 1.54) is 18.2 Å². The molecule has 0 atom stereocenters. The number of benzene rings is 1. The van der Waals surface area contributed by atoms with Crippen LogP contribution in [-0.4, -0.2) is 34.2 Å². The second kappa shape index (κ2) is 8.64. The fourth-order valence-corrected chi connectivity index (χ4v) is 3.09. The summed E-state index contributed by atoms with van der Waals surface area (Å²) in [6.45, 7) is 0.240. The van der Waals surface area contributed by atoms with Gasteiger partial charge in [-0.15, -0.1) is 5.10 Å². The van der Waals surface area contributed by atoms with Gasteiger partial charge in [0.15, 0.2) is 11.6 Å². The second-order valence-corrected chi connectivity index (χ2v) is 6.40. The van der Waals surface area contributed by atoms with Crippen molar-refractivity contribution in [1.82, 2.24) is 20.3 Å². The molecule has 26 heavy (non-hydrogen) atoms. The highest BCUT2D eigenvalue weighted by molar-refractivity contribution is 5.67. The number of ether oxygens (including phenoxy) is 2. The first-order valence-corrected chi connectivity index (χ1v) is 8.79. The van der Waals surface area contributed by atoms with E-state index in [-0.39, 0.29) is 24.9 Å². The van der Waals surface area contributed by atoms with Crippen molar-refractivity contribution in [3.8, 4) is 5.75 Å². The zero-order chi connectivity index (χ0) is 18.4. The van der Waals surface area contributed by atoms with Gasteiger partial charge in [0, 0.05) is 11.6 Å². The molecule has 1 aliphatic carbocycles. The number of aromatic nitrogens is 3. The van der Waals surface area contributed by atoms with Gasteiger partial charge in [0.2, 0.25) is 0 Å². The van der Waals surface area contributed by atoms with Gasteiger partial charge in [-0.3, -0.25) is 0 Å². The first-order chi connectivity index (χ1) is 12.7. The molecule has 0 radical (unpaired) electrons. The van der Waals surface area contributed by atoms with E-state index in [2.05, 4.69) is 15.6 Å². The van der Waals surface area contributed by atoms with Crippen molar-refractivity contribution in [3.63, 3.8) is 0 Å². The van der Waals surface area contributed by atoms with Crippen molar-refractivity contribution in [2.24, 2.45) is 0 Å². The van der Waals surface area contributed by atoms with Gasteiger partial charge in [-0.25, -0.2) is 13.9 Å². The number of alkyl carbamates (subject to hydrolysis) is 1. The van der Waals surface area contributed by atoms with Crippen LogP contribution in [0, 0.1) is 5.82 Å². The van der Waals surface area contributed by atoms with E-state index in [1.807, 2.05) is 0 Å². The Morgan fingerprint density at radius 2 is 2.15 bits per heavy atom. The van der Waals surface area contributed by atoms with Gasteiger partial charge in [0.1, 0.15) is 12.3 Å². The van der Waals surface area contributed by atoms with Crippen molar-refractivity contribution in [1.29, 1.82) is 0 Å². The first-order valence-electron chi connectivity index (χ1n) is 8.79. The van der Waals surface area contributed by atoms with Crippen molar-refractivity contribution in [3.05, 3.63) is 41.5 Å². The minimum atomic E-state index is -0.440. The van der Waals surface area contributed by atoms with Crippen LogP contribution in [0.15, 0.2) is 24.4 Å². The smallest absolute Gasteiger partial charge is 0.407 e. The predicted molar refractivity (Wildman–Crippen MR) is 92.3 cm³/mol. The number of carbonyl (C=O) groups excluding carboxylic acids is 1. The predicted octanol–water partition coefficient (Wildman–Crippen LogP) is 3.03. The molecule has 0 unspecified atom stereocenters. The standard InChI is InChI=1S/C18H23FN4O3/c1-25-16-9-5-6-13(17(16)19)10-23-11-15(21-22-23)12-26-18(24)20-14-7-3-2-4-8-14/h5-6,9,11,14H,2-4,7-8,10,12H2,1H3,(H,20,24). The van der Waals surface area contributed by atoms with E-state index < -0.39 is 11.9 Å². The molecule has 1 aromatic carbocycles. The van der Waals surface area contributed by atoms with Crippen LogP contribution in [0.5, 0.6) is 5.75 Å². The topological polar surface area (TPSA) is 78.3 Å². The summed E-state index contributed by atoms with van der Waals surface area (Å²) >= 11 is 0. The summed E-state index contributed by atoms with van der Waals surface area (Å²) in [6, 6.07) is 5.13. The molecule has 7 nitrogen and oxygen atoms in total. The lowest BCUT2D eigenvalue weighted by molar-refractivity contribution is 0.131. The summed E-state index contributed by atoms with van der Waals surface area (Å²) in [5, 5.41) is 10.8. The Bertz CT molecular complexity index is 744. The van der Waals surface area contributed by atoms with E-state index in [9.17, 15) is 9.18 Å². The molecule has 0 spiro atoms. The van der Waals surface area contributed by atoms with Crippen LogP contribution >= 0.6 is 0 Å². The lowest BCUT2D eigenvalue weighted by atomic mass is 9.96. The van der Waals surface area contributed by atoms with Crippen molar-refractivity contribution in [2.45, 2.75) is 51.3 Å². The minimum absolute atomic E-state index is 0.0269. The number of amides is 1. The molecule has 3 rings (SSSR count). The number of nitrogens with zero attached hydrogens (tertiary/aromatic N) is 3. The molecule has 1 aromatic heterocycles. The quantitative estimate of drug-likeness (QED) is 0.855. The molecule has 1 amide bonds. The number of carbonyl (C=O) groups is 1. The maximum atomic E-state index is 14.2. The monoisotopic (exact) mass is 362 g/mol. The van der Waals surface area contributed by atoms with E-state index in [0.717, 1.165) is 25.7 Å². The molecule has 2 aromatic rings. The molecule has 0 bridgehead atoms. The molecule has 8 heteroatoms. The Hall–Kier alpha value is -2.64. The Kier molecular flexibility index (Phi) is 6.04. The molecule has 1 N–H and O–H groups in total. The molecule has 0 saturated heterocycles. The second-order valence-electron chi connectivity index (χ2n) is 6.40. The lowest BCUT2D eigenvalue weighted by Crippen LogP contribution is -2.36. The van der Waals surface area contributed by atoms with Crippen LogP contribution in [-0.2, 0) is 17.9 Å². The van der Waals surface area contributed by atoms with Gasteiger partial charge in [-0.2, -0.15) is 0 Å². The summed E-state index contributed by atoms with van der Waals surface area (Å²) in [7, 11) is 1.42. The highest BCUT2D eigenvalue weighted by Gasteiger charge is 2.17.